The van der Waals surface area contributed by atoms with E-state index in [2.05, 4.69) is 12.2 Å². The summed E-state index contributed by atoms with van der Waals surface area (Å²) in [5.41, 5.74) is 1.32. The molecule has 1 atom stereocenters. The molecule has 1 saturated heterocycles. The van der Waals surface area contributed by atoms with E-state index in [1.54, 1.807) is 18.0 Å². The molecule has 0 aromatic heterocycles. The smallest absolute Gasteiger partial charge is 0.292 e. The van der Waals surface area contributed by atoms with Gasteiger partial charge in [0.05, 0.1) is 4.92 Å². The minimum atomic E-state index is -0.407. The fourth-order valence-corrected chi connectivity index (χ4v) is 2.64. The number of nitro benzene ring substituents is 1. The van der Waals surface area contributed by atoms with Crippen LogP contribution in [0, 0.1) is 16.0 Å². The first-order valence-electron chi connectivity index (χ1n) is 6.78. The van der Waals surface area contributed by atoms with Crippen molar-refractivity contribution in [3.05, 3.63) is 33.9 Å². The van der Waals surface area contributed by atoms with Gasteiger partial charge in [-0.3, -0.25) is 14.9 Å². The van der Waals surface area contributed by atoms with Crippen molar-refractivity contribution in [2.45, 2.75) is 26.3 Å². The molecule has 1 aromatic rings. The Morgan fingerprint density at radius 1 is 1.50 bits per heavy atom. The summed E-state index contributed by atoms with van der Waals surface area (Å²) in [4.78, 5) is 24.3. The Morgan fingerprint density at radius 3 is 2.80 bits per heavy atom. The third-order valence-electron chi connectivity index (χ3n) is 3.81. The van der Waals surface area contributed by atoms with Gasteiger partial charge >= 0.3 is 0 Å². The van der Waals surface area contributed by atoms with E-state index < -0.39 is 4.92 Å². The van der Waals surface area contributed by atoms with Gasteiger partial charge in [-0.05, 0) is 5.92 Å². The summed E-state index contributed by atoms with van der Waals surface area (Å²) < 4.78 is 0. The molecule has 2 rings (SSSR count). The zero-order chi connectivity index (χ0) is 14.7. The van der Waals surface area contributed by atoms with Crippen LogP contribution in [0.4, 0.5) is 11.4 Å². The molecule has 1 unspecified atom stereocenters. The summed E-state index contributed by atoms with van der Waals surface area (Å²) in [6.45, 7) is 3.24. The van der Waals surface area contributed by atoms with Crippen LogP contribution in [0.3, 0.4) is 0 Å². The lowest BCUT2D eigenvalue weighted by molar-refractivity contribution is -0.384. The summed E-state index contributed by atoms with van der Waals surface area (Å²) in [7, 11) is 1.66. The summed E-state index contributed by atoms with van der Waals surface area (Å²) in [5, 5.41) is 13.9. The number of carbonyl (C=O) groups is 1. The first kappa shape index (κ1) is 14.3. The summed E-state index contributed by atoms with van der Waals surface area (Å²) in [6, 6.07) is 4.95. The van der Waals surface area contributed by atoms with E-state index in [4.69, 9.17) is 0 Å². The molecule has 1 heterocycles. The van der Waals surface area contributed by atoms with Crippen molar-refractivity contribution in [3.63, 3.8) is 0 Å². The Morgan fingerprint density at radius 2 is 2.25 bits per heavy atom. The highest BCUT2D eigenvalue weighted by Crippen LogP contribution is 2.30. The lowest BCUT2D eigenvalue weighted by atomic mass is 10.1. The van der Waals surface area contributed by atoms with E-state index >= 15 is 0 Å². The van der Waals surface area contributed by atoms with Gasteiger partial charge in [0.25, 0.3) is 5.69 Å². The highest BCUT2D eigenvalue weighted by Gasteiger charge is 2.29. The molecule has 1 aromatic carbocycles. The number of hydrogen-bond donors (Lipinski definition) is 1. The Balaban J connectivity index is 2.23. The molecule has 20 heavy (non-hydrogen) atoms. The van der Waals surface area contributed by atoms with E-state index in [1.807, 2.05) is 6.07 Å². The molecular formula is C14H19N3O3. The van der Waals surface area contributed by atoms with Crippen molar-refractivity contribution in [3.8, 4) is 0 Å². The van der Waals surface area contributed by atoms with Crippen molar-refractivity contribution in [1.82, 2.24) is 4.90 Å². The van der Waals surface area contributed by atoms with Crippen LogP contribution in [0.25, 0.3) is 0 Å². The van der Waals surface area contributed by atoms with Gasteiger partial charge in [-0.15, -0.1) is 0 Å². The zero-order valence-corrected chi connectivity index (χ0v) is 11.8. The van der Waals surface area contributed by atoms with Crippen LogP contribution in [0.1, 0.15) is 25.3 Å². The fourth-order valence-electron chi connectivity index (χ4n) is 2.64. The molecule has 0 aliphatic carbocycles. The topological polar surface area (TPSA) is 75.5 Å². The highest BCUT2D eigenvalue weighted by atomic mass is 16.6. The number of nitro groups is 1. The molecule has 108 valence electrons. The normalized spacial score (nSPS) is 18.4. The third kappa shape index (κ3) is 2.74. The summed E-state index contributed by atoms with van der Waals surface area (Å²) >= 11 is 0. The second kappa shape index (κ2) is 5.90. The standard InChI is InChI=1S/C14H19N3O3/c1-3-10-7-13(18)16(8-10)9-11-5-4-6-12(17(19)20)14(11)15-2/h4-6,10,15H,3,7-9H2,1-2H3. The van der Waals surface area contributed by atoms with Gasteiger partial charge in [0.15, 0.2) is 0 Å². The van der Waals surface area contributed by atoms with Crippen molar-refractivity contribution in [1.29, 1.82) is 0 Å². The third-order valence-corrected chi connectivity index (χ3v) is 3.81. The average Bonchev–Trinajstić information content (AvgIpc) is 2.79. The van der Waals surface area contributed by atoms with Gasteiger partial charge in [0.2, 0.25) is 5.91 Å². The number of amides is 1. The molecular weight excluding hydrogens is 258 g/mol. The first-order chi connectivity index (χ1) is 9.56. The second-order valence-electron chi connectivity index (χ2n) is 5.07. The van der Waals surface area contributed by atoms with Crippen molar-refractivity contribution in [2.75, 3.05) is 18.9 Å². The predicted octanol–water partition coefficient (Wildman–Crippen LogP) is 2.40. The predicted molar refractivity (Wildman–Crippen MR) is 76.5 cm³/mol. The van der Waals surface area contributed by atoms with Crippen LogP contribution in [0.2, 0.25) is 0 Å². The van der Waals surface area contributed by atoms with Gasteiger partial charge in [-0.25, -0.2) is 0 Å². The number of para-hydroxylation sites is 1. The van der Waals surface area contributed by atoms with Crippen LogP contribution in [-0.4, -0.2) is 29.3 Å². The number of likely N-dealkylation sites (tertiary alicyclic amines) is 1. The Hall–Kier alpha value is -2.11. The van der Waals surface area contributed by atoms with Crippen molar-refractivity contribution >= 4 is 17.3 Å². The number of hydrogen-bond acceptors (Lipinski definition) is 4. The highest BCUT2D eigenvalue weighted by molar-refractivity contribution is 5.79. The number of benzene rings is 1. The minimum Gasteiger partial charge on any atom is -0.382 e. The van der Waals surface area contributed by atoms with Crippen molar-refractivity contribution < 1.29 is 9.72 Å². The lowest BCUT2D eigenvalue weighted by Gasteiger charge is -2.18. The molecule has 0 bridgehead atoms. The number of nitrogens with zero attached hydrogens (tertiary/aromatic N) is 2. The van der Waals surface area contributed by atoms with Crippen LogP contribution in [0.15, 0.2) is 18.2 Å². The first-order valence-corrected chi connectivity index (χ1v) is 6.78. The zero-order valence-electron chi connectivity index (χ0n) is 11.8. The van der Waals surface area contributed by atoms with Crippen LogP contribution in [0.5, 0.6) is 0 Å². The number of rotatable bonds is 5. The molecule has 0 spiro atoms. The average molecular weight is 277 g/mol. The number of carbonyl (C=O) groups excluding carboxylic acids is 1. The van der Waals surface area contributed by atoms with E-state index in [-0.39, 0.29) is 11.6 Å². The molecule has 6 heteroatoms. The lowest BCUT2D eigenvalue weighted by Crippen LogP contribution is -2.25. The van der Waals surface area contributed by atoms with Gasteiger partial charge in [-0.1, -0.05) is 25.5 Å². The summed E-state index contributed by atoms with van der Waals surface area (Å²) in [5.74, 6) is 0.532. The van der Waals surface area contributed by atoms with Crippen molar-refractivity contribution in [2.24, 2.45) is 5.92 Å². The molecule has 0 saturated carbocycles. The largest absolute Gasteiger partial charge is 0.382 e. The summed E-state index contributed by atoms with van der Waals surface area (Å²) in [6.07, 6.45) is 1.57. The maximum atomic E-state index is 11.9. The molecule has 1 N–H and O–H groups in total. The molecule has 1 aliphatic heterocycles. The van der Waals surface area contributed by atoms with E-state index in [0.29, 0.717) is 24.6 Å². The maximum absolute atomic E-state index is 11.9. The molecule has 1 fully saturated rings. The van der Waals surface area contributed by atoms with Crippen LogP contribution in [-0.2, 0) is 11.3 Å². The SMILES string of the molecule is CCC1CC(=O)N(Cc2cccc([N+](=O)[O-])c2NC)C1. The van der Waals surface area contributed by atoms with Gasteiger partial charge < -0.3 is 10.2 Å². The van der Waals surface area contributed by atoms with Crippen LogP contribution < -0.4 is 5.32 Å². The second-order valence-corrected chi connectivity index (χ2v) is 5.07. The monoisotopic (exact) mass is 277 g/mol. The quantitative estimate of drug-likeness (QED) is 0.662. The van der Waals surface area contributed by atoms with Gasteiger partial charge in [0.1, 0.15) is 5.69 Å². The molecule has 6 nitrogen and oxygen atoms in total. The van der Waals surface area contributed by atoms with Gasteiger partial charge in [0, 0.05) is 38.2 Å². The Labute approximate surface area is 117 Å². The number of anilines is 1. The Bertz CT molecular complexity index is 530. The number of nitrogens with one attached hydrogen (secondary N) is 1. The van der Waals surface area contributed by atoms with E-state index in [0.717, 1.165) is 18.5 Å². The van der Waals surface area contributed by atoms with E-state index in [1.165, 1.54) is 6.07 Å². The fraction of sp³-hybridized carbons (Fsp3) is 0.500. The molecule has 1 amide bonds. The van der Waals surface area contributed by atoms with E-state index in [9.17, 15) is 14.9 Å². The molecule has 0 radical (unpaired) electrons. The Kier molecular flexibility index (Phi) is 4.22. The minimum absolute atomic E-state index is 0.0451. The van der Waals surface area contributed by atoms with Crippen LogP contribution >= 0.6 is 0 Å². The molecule has 1 aliphatic rings. The van der Waals surface area contributed by atoms with Gasteiger partial charge in [-0.2, -0.15) is 0 Å². The maximum Gasteiger partial charge on any atom is 0.292 e.